The summed E-state index contributed by atoms with van der Waals surface area (Å²) < 4.78 is 5.76. The van der Waals surface area contributed by atoms with Gasteiger partial charge in [-0.2, -0.15) is 0 Å². The van der Waals surface area contributed by atoms with Crippen LogP contribution >= 0.6 is 0 Å². The lowest BCUT2D eigenvalue weighted by atomic mass is 10.0. The number of phenols is 1. The Morgan fingerprint density at radius 1 is 1.15 bits per heavy atom. The fraction of sp³-hybridized carbons (Fsp3) is 0.250. The molecule has 2 aliphatic heterocycles. The fourth-order valence-electron chi connectivity index (χ4n) is 3.45. The van der Waals surface area contributed by atoms with Crippen molar-refractivity contribution in [2.24, 2.45) is 0 Å². The lowest BCUT2D eigenvalue weighted by Crippen LogP contribution is -2.52. The quantitative estimate of drug-likeness (QED) is 0.804. The molecule has 7 nitrogen and oxygen atoms in total. The van der Waals surface area contributed by atoms with Crippen LogP contribution in [-0.2, 0) is 22.7 Å². The largest absolute Gasteiger partial charge is 0.508 e. The third-order valence-electron chi connectivity index (χ3n) is 4.81. The van der Waals surface area contributed by atoms with Crippen molar-refractivity contribution in [3.8, 4) is 11.5 Å². The average molecular weight is 366 g/mol. The number of carbonyl (C=O) groups is 3. The van der Waals surface area contributed by atoms with Crippen molar-refractivity contribution < 1.29 is 24.2 Å². The molecule has 0 radical (unpaired) electrons. The molecule has 0 saturated carbocycles. The van der Waals surface area contributed by atoms with Gasteiger partial charge in [0.2, 0.25) is 11.8 Å². The molecule has 7 heteroatoms. The van der Waals surface area contributed by atoms with E-state index in [0.29, 0.717) is 24.3 Å². The number of hydrogen-bond donors (Lipinski definition) is 2. The van der Waals surface area contributed by atoms with Crippen LogP contribution in [0, 0.1) is 0 Å². The zero-order valence-corrected chi connectivity index (χ0v) is 14.5. The fourth-order valence-corrected chi connectivity index (χ4v) is 3.45. The molecule has 0 bridgehead atoms. The van der Waals surface area contributed by atoms with Crippen LogP contribution in [0.5, 0.6) is 11.5 Å². The minimum atomic E-state index is -0.626. The smallest absolute Gasteiger partial charge is 0.255 e. The van der Waals surface area contributed by atoms with Gasteiger partial charge < -0.3 is 14.7 Å². The minimum Gasteiger partial charge on any atom is -0.508 e. The molecule has 3 amide bonds. The Balaban J connectivity index is 1.47. The second-order valence-electron chi connectivity index (χ2n) is 6.68. The zero-order valence-electron chi connectivity index (χ0n) is 14.5. The summed E-state index contributed by atoms with van der Waals surface area (Å²) in [6.45, 7) is 0.599. The monoisotopic (exact) mass is 366 g/mol. The van der Waals surface area contributed by atoms with E-state index < -0.39 is 11.9 Å². The predicted molar refractivity (Wildman–Crippen MR) is 94.9 cm³/mol. The molecule has 27 heavy (non-hydrogen) atoms. The Kier molecular flexibility index (Phi) is 4.27. The van der Waals surface area contributed by atoms with Crippen molar-refractivity contribution in [3.05, 3.63) is 59.2 Å². The number of aromatic hydroxyl groups is 1. The molecule has 0 spiro atoms. The van der Waals surface area contributed by atoms with Gasteiger partial charge in [0, 0.05) is 18.5 Å². The van der Waals surface area contributed by atoms with Gasteiger partial charge in [0.1, 0.15) is 24.1 Å². The molecule has 2 N–H and O–H groups in total. The summed E-state index contributed by atoms with van der Waals surface area (Å²) in [5.41, 5.74) is 2.17. The zero-order chi connectivity index (χ0) is 19.0. The van der Waals surface area contributed by atoms with Crippen molar-refractivity contribution in [2.75, 3.05) is 0 Å². The van der Waals surface area contributed by atoms with Crippen molar-refractivity contribution in [1.82, 2.24) is 10.2 Å². The van der Waals surface area contributed by atoms with E-state index in [9.17, 15) is 19.5 Å². The number of piperidine rings is 1. The van der Waals surface area contributed by atoms with Crippen LogP contribution in [0.2, 0.25) is 0 Å². The number of fused-ring (bicyclic) bond motifs is 1. The van der Waals surface area contributed by atoms with Crippen molar-refractivity contribution in [2.45, 2.75) is 32.0 Å². The summed E-state index contributed by atoms with van der Waals surface area (Å²) in [5, 5.41) is 11.8. The van der Waals surface area contributed by atoms with Crippen molar-refractivity contribution in [1.29, 1.82) is 0 Å². The van der Waals surface area contributed by atoms with Gasteiger partial charge in [-0.05, 0) is 47.9 Å². The standard InChI is InChI=1S/C20H18N2O5/c23-14-3-1-2-12(8-14)11-27-15-4-5-16-13(9-15)10-22(20(16)26)17-6-7-18(24)21-19(17)25/h1-5,8-9,17,23H,6-7,10-11H2,(H,21,24,25). The number of hydrogen-bond acceptors (Lipinski definition) is 5. The van der Waals surface area contributed by atoms with Crippen LogP contribution in [0.15, 0.2) is 42.5 Å². The second-order valence-corrected chi connectivity index (χ2v) is 6.68. The molecule has 138 valence electrons. The van der Waals surface area contributed by atoms with Crippen LogP contribution in [0.1, 0.15) is 34.3 Å². The maximum absolute atomic E-state index is 12.6. The third-order valence-corrected chi connectivity index (χ3v) is 4.81. The molecule has 1 unspecified atom stereocenters. The number of imide groups is 1. The molecule has 2 aromatic carbocycles. The topological polar surface area (TPSA) is 95.9 Å². The van der Waals surface area contributed by atoms with E-state index in [2.05, 4.69) is 5.32 Å². The molecule has 1 fully saturated rings. The molecule has 1 saturated heterocycles. The van der Waals surface area contributed by atoms with Crippen LogP contribution in [-0.4, -0.2) is 33.8 Å². The Bertz CT molecular complexity index is 940. The number of amides is 3. The molecule has 0 aromatic heterocycles. The molecule has 2 aromatic rings. The normalized spacial score (nSPS) is 19.0. The summed E-state index contributed by atoms with van der Waals surface area (Å²) in [6, 6.07) is 11.4. The summed E-state index contributed by atoms with van der Waals surface area (Å²) in [5.74, 6) is -0.152. The number of ether oxygens (including phenoxy) is 1. The Labute approximate surface area is 155 Å². The van der Waals surface area contributed by atoms with E-state index in [0.717, 1.165) is 11.1 Å². The van der Waals surface area contributed by atoms with Crippen molar-refractivity contribution >= 4 is 17.7 Å². The highest BCUT2D eigenvalue weighted by atomic mass is 16.5. The van der Waals surface area contributed by atoms with Crippen LogP contribution in [0.4, 0.5) is 0 Å². The van der Waals surface area contributed by atoms with Crippen LogP contribution in [0.25, 0.3) is 0 Å². The van der Waals surface area contributed by atoms with E-state index in [-0.39, 0.29) is 30.6 Å². The Morgan fingerprint density at radius 3 is 2.78 bits per heavy atom. The Hall–Kier alpha value is -3.35. The summed E-state index contributed by atoms with van der Waals surface area (Å²) in [4.78, 5) is 37.5. The minimum absolute atomic E-state index is 0.176. The second kappa shape index (κ2) is 6.75. The van der Waals surface area contributed by atoms with E-state index >= 15 is 0 Å². The number of benzene rings is 2. The first-order chi connectivity index (χ1) is 13.0. The highest BCUT2D eigenvalue weighted by Crippen LogP contribution is 2.30. The van der Waals surface area contributed by atoms with Gasteiger partial charge in [-0.1, -0.05) is 12.1 Å². The van der Waals surface area contributed by atoms with Gasteiger partial charge in [-0.15, -0.1) is 0 Å². The highest BCUT2D eigenvalue weighted by Gasteiger charge is 2.39. The van der Waals surface area contributed by atoms with E-state index in [4.69, 9.17) is 4.74 Å². The van der Waals surface area contributed by atoms with Gasteiger partial charge >= 0.3 is 0 Å². The first-order valence-corrected chi connectivity index (χ1v) is 8.69. The van der Waals surface area contributed by atoms with Gasteiger partial charge in [0.25, 0.3) is 5.91 Å². The number of rotatable bonds is 4. The SMILES string of the molecule is O=C1CCC(N2Cc3cc(OCc4cccc(O)c4)ccc3C2=O)C(=O)N1. The number of nitrogens with one attached hydrogen (secondary N) is 1. The van der Waals surface area contributed by atoms with Gasteiger partial charge in [0.05, 0.1) is 0 Å². The molecule has 2 aliphatic rings. The number of nitrogens with zero attached hydrogens (tertiary/aromatic N) is 1. The first-order valence-electron chi connectivity index (χ1n) is 8.69. The maximum atomic E-state index is 12.6. The molecule has 0 aliphatic carbocycles. The van der Waals surface area contributed by atoms with E-state index in [1.165, 1.54) is 4.90 Å². The molecule has 2 heterocycles. The first kappa shape index (κ1) is 17.1. The van der Waals surface area contributed by atoms with Gasteiger partial charge in [0.15, 0.2) is 0 Å². The van der Waals surface area contributed by atoms with E-state index in [1.807, 2.05) is 6.07 Å². The van der Waals surface area contributed by atoms with Crippen LogP contribution < -0.4 is 10.1 Å². The van der Waals surface area contributed by atoms with Gasteiger partial charge in [-0.3, -0.25) is 19.7 Å². The number of carbonyl (C=O) groups excluding carboxylic acids is 3. The predicted octanol–water partition coefficient (Wildman–Crippen LogP) is 1.73. The summed E-state index contributed by atoms with van der Waals surface area (Å²) in [6.07, 6.45) is 0.570. The summed E-state index contributed by atoms with van der Waals surface area (Å²) in [7, 11) is 0. The molecular formula is C20H18N2O5. The highest BCUT2D eigenvalue weighted by molar-refractivity contribution is 6.05. The van der Waals surface area contributed by atoms with E-state index in [1.54, 1.807) is 36.4 Å². The van der Waals surface area contributed by atoms with Crippen molar-refractivity contribution in [3.63, 3.8) is 0 Å². The Morgan fingerprint density at radius 2 is 2.00 bits per heavy atom. The molecular weight excluding hydrogens is 348 g/mol. The molecule has 4 rings (SSSR count). The molecule has 1 atom stereocenters. The van der Waals surface area contributed by atoms with Crippen LogP contribution in [0.3, 0.4) is 0 Å². The number of phenolic OH excluding ortho intramolecular Hbond substituents is 1. The summed E-state index contributed by atoms with van der Waals surface area (Å²) >= 11 is 0. The van der Waals surface area contributed by atoms with Gasteiger partial charge in [-0.25, -0.2) is 0 Å². The lowest BCUT2D eigenvalue weighted by molar-refractivity contribution is -0.136. The lowest BCUT2D eigenvalue weighted by Gasteiger charge is -2.29. The average Bonchev–Trinajstić information content (AvgIpc) is 2.96. The third kappa shape index (κ3) is 3.36. The maximum Gasteiger partial charge on any atom is 0.255 e.